The molecule has 2 heterocycles. The van der Waals surface area contributed by atoms with Gasteiger partial charge in [0.05, 0.1) is 10.3 Å². The molecule has 0 unspecified atom stereocenters. The monoisotopic (exact) mass is 342 g/mol. The van der Waals surface area contributed by atoms with Gasteiger partial charge in [-0.05, 0) is 38.5 Å². The van der Waals surface area contributed by atoms with E-state index >= 15 is 0 Å². The second-order valence-electron chi connectivity index (χ2n) is 5.82. The molecule has 1 aromatic carbocycles. The Morgan fingerprint density at radius 1 is 1.21 bits per heavy atom. The fraction of sp³-hybridized carbons (Fsp3) is 0.235. The zero-order valence-corrected chi connectivity index (χ0v) is 14.5. The van der Waals surface area contributed by atoms with Gasteiger partial charge in [0.25, 0.3) is 11.8 Å². The van der Waals surface area contributed by atoms with E-state index in [-0.39, 0.29) is 17.9 Å². The van der Waals surface area contributed by atoms with E-state index in [4.69, 9.17) is 0 Å². The van der Waals surface area contributed by atoms with Gasteiger partial charge < -0.3 is 10.6 Å². The molecule has 3 aromatic rings. The van der Waals surface area contributed by atoms with Crippen molar-refractivity contribution in [3.63, 3.8) is 0 Å². The highest BCUT2D eigenvalue weighted by atomic mass is 32.1. The number of anilines is 1. The van der Waals surface area contributed by atoms with Gasteiger partial charge in [-0.2, -0.15) is 5.10 Å². The van der Waals surface area contributed by atoms with Gasteiger partial charge in [-0.15, -0.1) is 11.3 Å². The first-order chi connectivity index (χ1) is 11.5. The first-order valence-corrected chi connectivity index (χ1v) is 8.43. The number of nitrogens with zero attached hydrogens (tertiary/aromatic N) is 1. The second-order valence-corrected chi connectivity index (χ2v) is 6.88. The van der Waals surface area contributed by atoms with Crippen molar-refractivity contribution in [2.75, 3.05) is 5.32 Å². The Kier molecular flexibility index (Phi) is 4.35. The Morgan fingerprint density at radius 3 is 2.67 bits per heavy atom. The molecule has 124 valence electrons. The summed E-state index contributed by atoms with van der Waals surface area (Å²) in [6, 6.07) is 9.17. The van der Waals surface area contributed by atoms with Crippen LogP contribution in [0.25, 0.3) is 10.2 Å². The number of amides is 2. The predicted molar refractivity (Wildman–Crippen MR) is 95.7 cm³/mol. The third-order valence-corrected chi connectivity index (χ3v) is 4.56. The molecule has 7 heteroatoms. The highest BCUT2D eigenvalue weighted by Crippen LogP contribution is 2.29. The van der Waals surface area contributed by atoms with E-state index in [0.717, 1.165) is 15.8 Å². The molecule has 0 atom stereocenters. The van der Waals surface area contributed by atoms with Crippen LogP contribution in [0.3, 0.4) is 0 Å². The molecule has 0 saturated heterocycles. The van der Waals surface area contributed by atoms with E-state index < -0.39 is 0 Å². The van der Waals surface area contributed by atoms with Gasteiger partial charge in [-0.25, -0.2) is 0 Å². The lowest BCUT2D eigenvalue weighted by molar-refractivity contribution is 0.0946. The molecule has 2 aromatic heterocycles. The summed E-state index contributed by atoms with van der Waals surface area (Å²) in [6.45, 7) is 5.70. The quantitative estimate of drug-likeness (QED) is 0.680. The molecule has 0 aliphatic rings. The number of aryl methyl sites for hydroxylation is 1. The van der Waals surface area contributed by atoms with Gasteiger partial charge >= 0.3 is 0 Å². The van der Waals surface area contributed by atoms with Gasteiger partial charge in [-0.3, -0.25) is 14.7 Å². The third kappa shape index (κ3) is 3.16. The molecular weight excluding hydrogens is 324 g/mol. The third-order valence-electron chi connectivity index (χ3n) is 3.52. The number of aromatic nitrogens is 2. The van der Waals surface area contributed by atoms with Gasteiger partial charge in [0, 0.05) is 11.6 Å². The van der Waals surface area contributed by atoms with Crippen LogP contribution in [0, 0.1) is 6.92 Å². The van der Waals surface area contributed by atoms with Gasteiger partial charge in [0.1, 0.15) is 4.83 Å². The topological polar surface area (TPSA) is 86.9 Å². The van der Waals surface area contributed by atoms with Crippen LogP contribution in [-0.4, -0.2) is 28.1 Å². The van der Waals surface area contributed by atoms with Crippen molar-refractivity contribution in [1.29, 1.82) is 0 Å². The number of carbonyl (C=O) groups is 2. The normalized spacial score (nSPS) is 11.0. The van der Waals surface area contributed by atoms with Crippen molar-refractivity contribution in [3.05, 3.63) is 46.3 Å². The average Bonchev–Trinajstić information content (AvgIpc) is 3.09. The molecule has 0 bridgehead atoms. The molecule has 0 aliphatic heterocycles. The number of hydrogen-bond acceptors (Lipinski definition) is 4. The standard InChI is InChI=1S/C17H18N4O2S/c1-9(2)18-16(23)13-8-12-14(20-21-17(12)24-13)19-15(22)11-7-5-4-6-10(11)3/h4-9H,1-3H3,(H,18,23)(H2,19,20,21,22). The Hall–Kier alpha value is -2.67. The van der Waals surface area contributed by atoms with Gasteiger partial charge in [-0.1, -0.05) is 18.2 Å². The maximum atomic E-state index is 12.4. The fourth-order valence-corrected chi connectivity index (χ4v) is 3.27. The molecular formula is C17H18N4O2S. The van der Waals surface area contributed by atoms with Crippen LogP contribution in [0.4, 0.5) is 5.82 Å². The zero-order valence-electron chi connectivity index (χ0n) is 13.6. The molecule has 3 N–H and O–H groups in total. The summed E-state index contributed by atoms with van der Waals surface area (Å²) in [5.74, 6) is 0.0785. The number of benzene rings is 1. The van der Waals surface area contributed by atoms with Crippen LogP contribution in [0.15, 0.2) is 30.3 Å². The fourth-order valence-electron chi connectivity index (χ4n) is 2.36. The number of carbonyl (C=O) groups excluding carboxylic acids is 2. The van der Waals surface area contributed by atoms with Crippen LogP contribution in [0.1, 0.15) is 39.4 Å². The second kappa shape index (κ2) is 6.45. The largest absolute Gasteiger partial charge is 0.349 e. The lowest BCUT2D eigenvalue weighted by Crippen LogP contribution is -2.29. The average molecular weight is 342 g/mol. The van der Waals surface area contributed by atoms with E-state index in [1.54, 1.807) is 12.1 Å². The van der Waals surface area contributed by atoms with Crippen LogP contribution < -0.4 is 10.6 Å². The number of H-pyrrole nitrogens is 1. The Bertz CT molecular complexity index is 910. The van der Waals surface area contributed by atoms with Crippen molar-refractivity contribution < 1.29 is 9.59 Å². The van der Waals surface area contributed by atoms with Crippen molar-refractivity contribution in [1.82, 2.24) is 15.5 Å². The van der Waals surface area contributed by atoms with E-state index in [1.807, 2.05) is 39.0 Å². The summed E-state index contributed by atoms with van der Waals surface area (Å²) in [7, 11) is 0. The minimum atomic E-state index is -0.221. The van der Waals surface area contributed by atoms with E-state index in [9.17, 15) is 9.59 Å². The molecule has 24 heavy (non-hydrogen) atoms. The van der Waals surface area contributed by atoms with Crippen LogP contribution >= 0.6 is 11.3 Å². The minimum absolute atomic E-state index is 0.0660. The number of hydrogen-bond donors (Lipinski definition) is 3. The summed E-state index contributed by atoms with van der Waals surface area (Å²) in [4.78, 5) is 25.9. The van der Waals surface area contributed by atoms with Crippen molar-refractivity contribution in [2.24, 2.45) is 0 Å². The Morgan fingerprint density at radius 2 is 1.96 bits per heavy atom. The first kappa shape index (κ1) is 16.2. The first-order valence-electron chi connectivity index (χ1n) is 7.61. The van der Waals surface area contributed by atoms with E-state index in [2.05, 4.69) is 20.8 Å². The lowest BCUT2D eigenvalue weighted by atomic mass is 10.1. The molecule has 0 saturated carbocycles. The smallest absolute Gasteiger partial charge is 0.261 e. The number of rotatable bonds is 4. The van der Waals surface area contributed by atoms with Crippen molar-refractivity contribution in [3.8, 4) is 0 Å². The highest BCUT2D eigenvalue weighted by molar-refractivity contribution is 7.20. The Labute approximate surface area is 143 Å². The molecule has 6 nitrogen and oxygen atoms in total. The zero-order chi connectivity index (χ0) is 17.3. The summed E-state index contributed by atoms with van der Waals surface area (Å²) < 4.78 is 0. The predicted octanol–water partition coefficient (Wildman–Crippen LogP) is 3.32. The van der Waals surface area contributed by atoms with E-state index in [1.165, 1.54) is 11.3 Å². The molecule has 0 radical (unpaired) electrons. The molecule has 0 spiro atoms. The van der Waals surface area contributed by atoms with E-state index in [0.29, 0.717) is 16.3 Å². The van der Waals surface area contributed by atoms with Crippen molar-refractivity contribution in [2.45, 2.75) is 26.8 Å². The van der Waals surface area contributed by atoms with Crippen molar-refractivity contribution >= 4 is 39.2 Å². The maximum absolute atomic E-state index is 12.4. The maximum Gasteiger partial charge on any atom is 0.261 e. The minimum Gasteiger partial charge on any atom is -0.349 e. The van der Waals surface area contributed by atoms with Gasteiger partial charge in [0.15, 0.2) is 5.82 Å². The number of thiophene rings is 1. The molecule has 0 aliphatic carbocycles. The Balaban J connectivity index is 1.85. The highest BCUT2D eigenvalue weighted by Gasteiger charge is 2.17. The van der Waals surface area contributed by atoms with Crippen LogP contribution in [0.5, 0.6) is 0 Å². The molecule has 3 rings (SSSR count). The number of fused-ring (bicyclic) bond motifs is 1. The number of nitrogens with one attached hydrogen (secondary N) is 3. The summed E-state index contributed by atoms with van der Waals surface area (Å²) in [5, 5.41) is 13.4. The van der Waals surface area contributed by atoms with Crippen LogP contribution in [0.2, 0.25) is 0 Å². The summed E-state index contributed by atoms with van der Waals surface area (Å²) in [6.07, 6.45) is 0. The van der Waals surface area contributed by atoms with Gasteiger partial charge in [0.2, 0.25) is 0 Å². The summed E-state index contributed by atoms with van der Waals surface area (Å²) in [5.41, 5.74) is 1.49. The number of aromatic amines is 1. The SMILES string of the molecule is Cc1ccccc1C(=O)Nc1n[nH]c2sc(C(=O)NC(C)C)cc12. The summed E-state index contributed by atoms with van der Waals surface area (Å²) >= 11 is 1.31. The lowest BCUT2D eigenvalue weighted by Gasteiger charge is -2.06. The molecule has 0 fully saturated rings. The molecule has 2 amide bonds. The van der Waals surface area contributed by atoms with Crippen LogP contribution in [-0.2, 0) is 0 Å².